The molecular formula is C21H15F3N2O3S. The average molecular weight is 432 g/mol. The number of alkyl halides is 3. The number of ether oxygens (including phenoxy) is 1. The van der Waals surface area contributed by atoms with Gasteiger partial charge in [0.15, 0.2) is 15.5 Å². The molecule has 0 aliphatic carbocycles. The lowest BCUT2D eigenvalue weighted by molar-refractivity contribution is -0.140. The highest BCUT2D eigenvalue weighted by Gasteiger charge is 2.38. The molecule has 154 valence electrons. The van der Waals surface area contributed by atoms with Crippen molar-refractivity contribution in [3.05, 3.63) is 65.9 Å². The van der Waals surface area contributed by atoms with E-state index in [0.717, 1.165) is 6.26 Å². The van der Waals surface area contributed by atoms with Crippen molar-refractivity contribution >= 4 is 9.84 Å². The number of benzene rings is 2. The van der Waals surface area contributed by atoms with E-state index in [1.807, 2.05) is 6.07 Å². The Labute approximate surface area is 171 Å². The van der Waals surface area contributed by atoms with Gasteiger partial charge in [-0.05, 0) is 41.0 Å². The maximum Gasteiger partial charge on any atom is 0.434 e. The summed E-state index contributed by atoms with van der Waals surface area (Å²) in [5, 5.41) is 8.97. The third-order valence-corrected chi connectivity index (χ3v) is 5.50. The summed E-state index contributed by atoms with van der Waals surface area (Å²) in [5.74, 6) is -0.234. The second kappa shape index (κ2) is 7.80. The molecule has 5 nitrogen and oxygen atoms in total. The second-order valence-corrected chi connectivity index (χ2v) is 8.43. The molecule has 0 amide bonds. The van der Waals surface area contributed by atoms with Crippen LogP contribution in [0.25, 0.3) is 22.3 Å². The van der Waals surface area contributed by atoms with Crippen LogP contribution in [0.1, 0.15) is 11.3 Å². The molecule has 0 saturated carbocycles. The third kappa shape index (κ3) is 4.28. The second-order valence-electron chi connectivity index (χ2n) is 6.42. The van der Waals surface area contributed by atoms with Gasteiger partial charge in [-0.25, -0.2) is 13.4 Å². The Morgan fingerprint density at radius 3 is 2.03 bits per heavy atom. The van der Waals surface area contributed by atoms with E-state index in [2.05, 4.69) is 4.98 Å². The summed E-state index contributed by atoms with van der Waals surface area (Å²) in [5.41, 5.74) is -0.313. The van der Waals surface area contributed by atoms with Gasteiger partial charge in [0, 0.05) is 17.9 Å². The SMILES string of the molecule is COc1cc(-c2ccc(S(C)(=O)=O)cc2)c(-c2ccc(C#N)cc2)c(C(F)(F)F)n1. The molecule has 0 bridgehead atoms. The molecule has 0 atom stereocenters. The maximum atomic E-state index is 13.9. The van der Waals surface area contributed by atoms with Gasteiger partial charge in [-0.1, -0.05) is 24.3 Å². The average Bonchev–Trinajstić information content (AvgIpc) is 2.71. The van der Waals surface area contributed by atoms with Crippen LogP contribution in [0.3, 0.4) is 0 Å². The number of sulfone groups is 1. The van der Waals surface area contributed by atoms with Gasteiger partial charge in [0.05, 0.1) is 23.6 Å². The van der Waals surface area contributed by atoms with E-state index in [4.69, 9.17) is 10.00 Å². The minimum Gasteiger partial charge on any atom is -0.481 e. The number of aromatic nitrogens is 1. The lowest BCUT2D eigenvalue weighted by Crippen LogP contribution is -2.12. The summed E-state index contributed by atoms with van der Waals surface area (Å²) >= 11 is 0. The van der Waals surface area contributed by atoms with Gasteiger partial charge in [-0.2, -0.15) is 18.4 Å². The van der Waals surface area contributed by atoms with Crippen molar-refractivity contribution in [3.8, 4) is 34.2 Å². The first-order valence-corrected chi connectivity index (χ1v) is 10.4. The molecule has 2 aromatic carbocycles. The van der Waals surface area contributed by atoms with Crippen LogP contribution in [0.2, 0.25) is 0 Å². The topological polar surface area (TPSA) is 80.0 Å². The van der Waals surface area contributed by atoms with E-state index in [-0.39, 0.29) is 27.5 Å². The van der Waals surface area contributed by atoms with Crippen LogP contribution >= 0.6 is 0 Å². The largest absolute Gasteiger partial charge is 0.481 e. The molecule has 1 aromatic heterocycles. The number of pyridine rings is 1. The summed E-state index contributed by atoms with van der Waals surface area (Å²) in [6, 6.07) is 14.4. The molecule has 0 fully saturated rings. The number of hydrogen-bond donors (Lipinski definition) is 0. The van der Waals surface area contributed by atoms with Crippen LogP contribution in [-0.2, 0) is 16.0 Å². The zero-order chi connectivity index (χ0) is 22.1. The molecule has 9 heteroatoms. The Balaban J connectivity index is 2.33. The van der Waals surface area contributed by atoms with Gasteiger partial charge in [-0.3, -0.25) is 0 Å². The summed E-state index contributed by atoms with van der Waals surface area (Å²) in [6.07, 6.45) is -3.74. The fourth-order valence-electron chi connectivity index (χ4n) is 2.94. The van der Waals surface area contributed by atoms with E-state index >= 15 is 0 Å². The van der Waals surface area contributed by atoms with Gasteiger partial charge >= 0.3 is 6.18 Å². The molecule has 0 aliphatic heterocycles. The monoisotopic (exact) mass is 432 g/mol. The Morgan fingerprint density at radius 2 is 1.57 bits per heavy atom. The summed E-state index contributed by atoms with van der Waals surface area (Å²) in [4.78, 5) is 3.66. The molecule has 1 heterocycles. The number of halogens is 3. The normalized spacial score (nSPS) is 11.7. The van der Waals surface area contributed by atoms with E-state index in [1.54, 1.807) is 0 Å². The van der Waals surface area contributed by atoms with Crippen molar-refractivity contribution in [3.63, 3.8) is 0 Å². The van der Waals surface area contributed by atoms with E-state index in [0.29, 0.717) is 11.1 Å². The quantitative estimate of drug-likeness (QED) is 0.596. The fourth-order valence-corrected chi connectivity index (χ4v) is 3.57. The van der Waals surface area contributed by atoms with Crippen LogP contribution in [0.4, 0.5) is 13.2 Å². The van der Waals surface area contributed by atoms with Crippen molar-refractivity contribution in [1.82, 2.24) is 4.98 Å². The first-order chi connectivity index (χ1) is 14.0. The molecule has 0 saturated heterocycles. The fraction of sp³-hybridized carbons (Fsp3) is 0.143. The first-order valence-electron chi connectivity index (χ1n) is 8.52. The highest BCUT2D eigenvalue weighted by molar-refractivity contribution is 7.90. The molecule has 0 radical (unpaired) electrons. The van der Waals surface area contributed by atoms with Gasteiger partial charge in [-0.15, -0.1) is 0 Å². The van der Waals surface area contributed by atoms with E-state index in [1.165, 1.54) is 61.7 Å². The molecule has 0 aliphatic rings. The lowest BCUT2D eigenvalue weighted by Gasteiger charge is -2.18. The number of methoxy groups -OCH3 is 1. The molecule has 0 unspecified atom stereocenters. The highest BCUT2D eigenvalue weighted by atomic mass is 32.2. The molecule has 0 spiro atoms. The van der Waals surface area contributed by atoms with Crippen molar-refractivity contribution in [1.29, 1.82) is 5.26 Å². The lowest BCUT2D eigenvalue weighted by atomic mass is 9.92. The number of nitrogens with zero attached hydrogens (tertiary/aromatic N) is 2. The Bertz CT molecular complexity index is 1230. The van der Waals surface area contributed by atoms with Gasteiger partial charge < -0.3 is 4.74 Å². The number of hydrogen-bond acceptors (Lipinski definition) is 5. The van der Waals surface area contributed by atoms with Crippen molar-refractivity contribution in [2.75, 3.05) is 13.4 Å². The number of rotatable bonds is 4. The predicted molar refractivity (Wildman–Crippen MR) is 104 cm³/mol. The van der Waals surface area contributed by atoms with Crippen molar-refractivity contribution in [2.24, 2.45) is 0 Å². The Kier molecular flexibility index (Phi) is 5.55. The Morgan fingerprint density at radius 1 is 1.00 bits per heavy atom. The molecular weight excluding hydrogens is 417 g/mol. The Hall–Kier alpha value is -3.38. The number of nitriles is 1. The summed E-state index contributed by atoms with van der Waals surface area (Å²) < 4.78 is 70.0. The summed E-state index contributed by atoms with van der Waals surface area (Å²) in [7, 11) is -2.25. The van der Waals surface area contributed by atoms with E-state index < -0.39 is 21.7 Å². The van der Waals surface area contributed by atoms with Crippen molar-refractivity contribution in [2.45, 2.75) is 11.1 Å². The van der Waals surface area contributed by atoms with Crippen LogP contribution < -0.4 is 4.74 Å². The zero-order valence-corrected chi connectivity index (χ0v) is 16.7. The highest BCUT2D eigenvalue weighted by Crippen LogP contribution is 2.43. The minimum absolute atomic E-state index is 0.0447. The predicted octanol–water partition coefficient (Wildman–Crippen LogP) is 4.72. The molecule has 3 aromatic rings. The minimum atomic E-state index is -4.78. The van der Waals surface area contributed by atoms with Crippen LogP contribution in [-0.4, -0.2) is 26.8 Å². The molecule has 0 N–H and O–H groups in total. The van der Waals surface area contributed by atoms with Crippen LogP contribution in [0.5, 0.6) is 5.88 Å². The first kappa shape index (κ1) is 21.3. The zero-order valence-electron chi connectivity index (χ0n) is 15.9. The molecule has 3 rings (SSSR count). The van der Waals surface area contributed by atoms with E-state index in [9.17, 15) is 21.6 Å². The maximum absolute atomic E-state index is 13.9. The smallest absolute Gasteiger partial charge is 0.434 e. The third-order valence-electron chi connectivity index (χ3n) is 4.37. The van der Waals surface area contributed by atoms with Crippen LogP contribution in [0, 0.1) is 11.3 Å². The van der Waals surface area contributed by atoms with Gasteiger partial charge in [0.25, 0.3) is 0 Å². The van der Waals surface area contributed by atoms with Crippen molar-refractivity contribution < 1.29 is 26.3 Å². The van der Waals surface area contributed by atoms with Gasteiger partial charge in [0.2, 0.25) is 5.88 Å². The molecule has 30 heavy (non-hydrogen) atoms. The standard InChI is InChI=1S/C21H15F3N2O3S/c1-29-18-11-17(14-7-9-16(10-8-14)30(2,27)28)19(20(26-18)21(22,23)24)15-5-3-13(12-25)4-6-15/h3-11H,1-2H3. The summed E-state index contributed by atoms with van der Waals surface area (Å²) in [6.45, 7) is 0. The van der Waals surface area contributed by atoms with Gasteiger partial charge in [0.1, 0.15) is 0 Å². The van der Waals surface area contributed by atoms with Crippen LogP contribution in [0.15, 0.2) is 59.5 Å².